The first-order valence-electron chi connectivity index (χ1n) is 6.05. The summed E-state index contributed by atoms with van der Waals surface area (Å²) < 4.78 is 1.81. The summed E-state index contributed by atoms with van der Waals surface area (Å²) in [7, 11) is 0. The van der Waals surface area contributed by atoms with E-state index in [0.29, 0.717) is 0 Å². The van der Waals surface area contributed by atoms with Crippen LogP contribution in [0.25, 0.3) is 0 Å². The molecule has 1 unspecified atom stereocenters. The Bertz CT molecular complexity index is 644. The zero-order valence-corrected chi connectivity index (χ0v) is 14.0. The summed E-state index contributed by atoms with van der Waals surface area (Å²) in [5.74, 6) is -0.414. The van der Waals surface area contributed by atoms with Gasteiger partial charge in [-0.1, -0.05) is 24.3 Å². The van der Waals surface area contributed by atoms with E-state index in [4.69, 9.17) is 5.73 Å². The molecule has 3 nitrogen and oxygen atoms in total. The zero-order chi connectivity index (χ0) is 14.7. The van der Waals surface area contributed by atoms with E-state index in [2.05, 4.69) is 37.2 Å². The lowest BCUT2D eigenvalue weighted by Gasteiger charge is -2.19. The minimum Gasteiger partial charge on any atom is -0.370 e. The van der Waals surface area contributed by atoms with Crippen LogP contribution in [0.15, 0.2) is 51.4 Å². The number of amides is 1. The highest BCUT2D eigenvalue weighted by atomic mass is 79.9. The fraction of sp³-hybridized carbons (Fsp3) is 0.133. The molecular formula is C15H14Br2N2O. The van der Waals surface area contributed by atoms with Crippen LogP contribution in [0.1, 0.15) is 17.2 Å². The number of anilines is 1. The molecule has 2 aromatic carbocycles. The summed E-state index contributed by atoms with van der Waals surface area (Å²) in [6.45, 7) is 1.98. The van der Waals surface area contributed by atoms with Crippen molar-refractivity contribution in [2.24, 2.45) is 5.73 Å². The van der Waals surface area contributed by atoms with Gasteiger partial charge in [-0.2, -0.15) is 0 Å². The first kappa shape index (κ1) is 15.1. The number of carbonyl (C=O) groups is 1. The minimum atomic E-state index is -0.569. The molecule has 0 fully saturated rings. The summed E-state index contributed by atoms with van der Waals surface area (Å²) in [5, 5.41) is 3.20. The number of hydrogen-bond acceptors (Lipinski definition) is 2. The number of primary amides is 1. The maximum absolute atomic E-state index is 11.7. The number of rotatable bonds is 4. The van der Waals surface area contributed by atoms with Gasteiger partial charge in [0.2, 0.25) is 5.91 Å². The quantitative estimate of drug-likeness (QED) is 0.813. The van der Waals surface area contributed by atoms with Crippen molar-refractivity contribution in [1.29, 1.82) is 0 Å². The van der Waals surface area contributed by atoms with Gasteiger partial charge >= 0.3 is 0 Å². The Morgan fingerprint density at radius 2 is 1.85 bits per heavy atom. The van der Waals surface area contributed by atoms with Gasteiger partial charge < -0.3 is 11.1 Å². The van der Waals surface area contributed by atoms with Crippen LogP contribution in [0.3, 0.4) is 0 Å². The monoisotopic (exact) mass is 396 g/mol. The molecular weight excluding hydrogens is 384 g/mol. The molecule has 0 bridgehead atoms. The van der Waals surface area contributed by atoms with Gasteiger partial charge in [0.1, 0.15) is 6.04 Å². The molecule has 0 saturated heterocycles. The SMILES string of the molecule is Cc1ccccc1NC(C(N)=O)c1ccc(Br)c(Br)c1. The van der Waals surface area contributed by atoms with Crippen LogP contribution in [0.5, 0.6) is 0 Å². The lowest BCUT2D eigenvalue weighted by molar-refractivity contribution is -0.118. The zero-order valence-electron chi connectivity index (χ0n) is 10.9. The van der Waals surface area contributed by atoms with Gasteiger partial charge in [0.25, 0.3) is 0 Å². The summed E-state index contributed by atoms with van der Waals surface area (Å²) in [4.78, 5) is 11.7. The second kappa shape index (κ2) is 6.41. The summed E-state index contributed by atoms with van der Waals surface area (Å²) in [5.41, 5.74) is 8.31. The fourth-order valence-electron chi connectivity index (χ4n) is 1.90. The van der Waals surface area contributed by atoms with E-state index >= 15 is 0 Å². The van der Waals surface area contributed by atoms with Gasteiger partial charge in [-0.3, -0.25) is 4.79 Å². The first-order valence-corrected chi connectivity index (χ1v) is 7.64. The highest BCUT2D eigenvalue weighted by Crippen LogP contribution is 2.28. The van der Waals surface area contributed by atoms with E-state index < -0.39 is 11.9 Å². The predicted octanol–water partition coefficient (Wildman–Crippen LogP) is 4.16. The van der Waals surface area contributed by atoms with Crippen LogP contribution in [0.4, 0.5) is 5.69 Å². The Morgan fingerprint density at radius 3 is 2.45 bits per heavy atom. The average Bonchev–Trinajstić information content (AvgIpc) is 2.41. The van der Waals surface area contributed by atoms with Crippen molar-refractivity contribution in [3.63, 3.8) is 0 Å². The van der Waals surface area contributed by atoms with Gasteiger partial charge in [0.15, 0.2) is 0 Å². The number of hydrogen-bond donors (Lipinski definition) is 2. The molecule has 0 spiro atoms. The molecule has 0 aliphatic rings. The molecule has 0 aliphatic carbocycles. The Labute approximate surface area is 134 Å². The maximum atomic E-state index is 11.7. The van der Waals surface area contributed by atoms with E-state index in [9.17, 15) is 4.79 Å². The highest BCUT2D eigenvalue weighted by molar-refractivity contribution is 9.13. The van der Waals surface area contributed by atoms with E-state index in [-0.39, 0.29) is 0 Å². The number of halogens is 2. The van der Waals surface area contributed by atoms with Gasteiger partial charge in [-0.25, -0.2) is 0 Å². The van der Waals surface area contributed by atoms with Crippen LogP contribution in [0.2, 0.25) is 0 Å². The van der Waals surface area contributed by atoms with Crippen LogP contribution >= 0.6 is 31.9 Å². The lowest BCUT2D eigenvalue weighted by atomic mass is 10.1. The predicted molar refractivity (Wildman–Crippen MR) is 88.6 cm³/mol. The summed E-state index contributed by atoms with van der Waals surface area (Å²) in [6.07, 6.45) is 0. The van der Waals surface area contributed by atoms with Crippen LogP contribution in [-0.2, 0) is 4.79 Å². The fourth-order valence-corrected chi connectivity index (χ4v) is 2.54. The summed E-state index contributed by atoms with van der Waals surface area (Å²) in [6, 6.07) is 12.9. The number of nitrogens with two attached hydrogens (primary N) is 1. The Hall–Kier alpha value is -1.33. The molecule has 0 heterocycles. The second-order valence-electron chi connectivity index (χ2n) is 4.47. The molecule has 0 saturated carbocycles. The van der Waals surface area contributed by atoms with Crippen molar-refractivity contribution in [3.8, 4) is 0 Å². The molecule has 20 heavy (non-hydrogen) atoms. The third-order valence-corrected chi connectivity index (χ3v) is 4.89. The number of aryl methyl sites for hydroxylation is 1. The molecule has 0 radical (unpaired) electrons. The Kier molecular flexibility index (Phi) is 4.83. The van der Waals surface area contributed by atoms with Gasteiger partial charge in [-0.15, -0.1) is 0 Å². The summed E-state index contributed by atoms with van der Waals surface area (Å²) >= 11 is 6.85. The molecule has 2 rings (SSSR count). The molecule has 104 valence electrons. The van der Waals surface area contributed by atoms with Crippen molar-refractivity contribution in [2.45, 2.75) is 13.0 Å². The van der Waals surface area contributed by atoms with Gasteiger partial charge in [-0.05, 0) is 68.1 Å². The molecule has 2 aromatic rings. The van der Waals surface area contributed by atoms with Crippen molar-refractivity contribution in [2.75, 3.05) is 5.32 Å². The van der Waals surface area contributed by atoms with Gasteiger partial charge in [0, 0.05) is 14.6 Å². The molecule has 1 atom stereocenters. The van der Waals surface area contributed by atoms with Crippen molar-refractivity contribution < 1.29 is 4.79 Å². The number of benzene rings is 2. The van der Waals surface area contributed by atoms with E-state index in [1.165, 1.54) is 0 Å². The Balaban J connectivity index is 2.34. The number of carbonyl (C=O) groups excluding carboxylic acids is 1. The molecule has 3 N–H and O–H groups in total. The van der Waals surface area contributed by atoms with Crippen LogP contribution < -0.4 is 11.1 Å². The maximum Gasteiger partial charge on any atom is 0.244 e. The minimum absolute atomic E-state index is 0.414. The highest BCUT2D eigenvalue weighted by Gasteiger charge is 2.19. The average molecular weight is 398 g/mol. The lowest BCUT2D eigenvalue weighted by Crippen LogP contribution is -2.28. The van der Waals surface area contributed by atoms with Crippen LogP contribution in [-0.4, -0.2) is 5.91 Å². The molecule has 5 heteroatoms. The second-order valence-corrected chi connectivity index (χ2v) is 6.18. The van der Waals surface area contributed by atoms with E-state index in [1.807, 2.05) is 49.4 Å². The van der Waals surface area contributed by atoms with Crippen molar-refractivity contribution >= 4 is 43.5 Å². The largest absolute Gasteiger partial charge is 0.370 e. The molecule has 0 aliphatic heterocycles. The Morgan fingerprint density at radius 1 is 1.15 bits per heavy atom. The van der Waals surface area contributed by atoms with Crippen molar-refractivity contribution in [3.05, 3.63) is 62.5 Å². The number of para-hydroxylation sites is 1. The molecule has 1 amide bonds. The number of nitrogens with one attached hydrogen (secondary N) is 1. The van der Waals surface area contributed by atoms with E-state index in [1.54, 1.807) is 0 Å². The molecule has 0 aromatic heterocycles. The normalized spacial score (nSPS) is 11.9. The van der Waals surface area contributed by atoms with Crippen LogP contribution in [0, 0.1) is 6.92 Å². The van der Waals surface area contributed by atoms with E-state index in [0.717, 1.165) is 25.8 Å². The topological polar surface area (TPSA) is 55.1 Å². The smallest absolute Gasteiger partial charge is 0.244 e. The van der Waals surface area contributed by atoms with Gasteiger partial charge in [0.05, 0.1) is 0 Å². The van der Waals surface area contributed by atoms with Crippen molar-refractivity contribution in [1.82, 2.24) is 0 Å². The first-order chi connectivity index (χ1) is 9.49. The third-order valence-electron chi connectivity index (χ3n) is 3.01. The standard InChI is InChI=1S/C15H14Br2N2O/c1-9-4-2-3-5-13(9)19-14(15(18)20)10-6-7-11(16)12(17)8-10/h2-8,14,19H,1H3,(H2,18,20). The third kappa shape index (κ3) is 3.41.